The molecule has 17 heavy (non-hydrogen) atoms. The second kappa shape index (κ2) is 7.69. The van der Waals surface area contributed by atoms with Gasteiger partial charge in [0.05, 0.1) is 0 Å². The zero-order chi connectivity index (χ0) is 12.7. The lowest BCUT2D eigenvalue weighted by molar-refractivity contribution is 0.265. The van der Waals surface area contributed by atoms with Crippen LogP contribution in [0.2, 0.25) is 0 Å². The number of hydrogen-bond donors (Lipinski definition) is 2. The second-order valence-electron chi connectivity index (χ2n) is 4.07. The van der Waals surface area contributed by atoms with Gasteiger partial charge in [-0.15, -0.1) is 0 Å². The van der Waals surface area contributed by atoms with Gasteiger partial charge in [0.1, 0.15) is 5.82 Å². The van der Waals surface area contributed by atoms with Gasteiger partial charge in [-0.2, -0.15) is 11.8 Å². The van der Waals surface area contributed by atoms with E-state index in [0.29, 0.717) is 12.0 Å². The molecule has 2 N–H and O–H groups in total. The van der Waals surface area contributed by atoms with Gasteiger partial charge in [0.25, 0.3) is 0 Å². The van der Waals surface area contributed by atoms with Gasteiger partial charge < -0.3 is 10.4 Å². The van der Waals surface area contributed by atoms with Crippen LogP contribution < -0.4 is 5.32 Å². The molecule has 1 aromatic rings. The number of thioether (sulfide) groups is 1. The van der Waals surface area contributed by atoms with Crippen molar-refractivity contribution in [2.24, 2.45) is 0 Å². The maximum Gasteiger partial charge on any atom is 0.127 e. The molecule has 2 unspecified atom stereocenters. The SMILES string of the molecule is CSCC(CCO)NC(C)c1ccccc1F. The topological polar surface area (TPSA) is 32.3 Å². The molecule has 0 heterocycles. The third-order valence-corrected chi connectivity index (χ3v) is 3.44. The lowest BCUT2D eigenvalue weighted by atomic mass is 10.1. The summed E-state index contributed by atoms with van der Waals surface area (Å²) in [7, 11) is 0. The van der Waals surface area contributed by atoms with Crippen LogP contribution in [0.3, 0.4) is 0 Å². The molecule has 0 saturated carbocycles. The van der Waals surface area contributed by atoms with Crippen molar-refractivity contribution in [1.29, 1.82) is 0 Å². The average molecular weight is 257 g/mol. The van der Waals surface area contributed by atoms with E-state index in [1.54, 1.807) is 23.9 Å². The molecule has 0 aliphatic heterocycles. The Hall–Kier alpha value is -0.580. The first-order valence-electron chi connectivity index (χ1n) is 5.79. The number of rotatable bonds is 7. The Kier molecular flexibility index (Phi) is 6.55. The molecule has 0 spiro atoms. The third kappa shape index (κ3) is 4.66. The van der Waals surface area contributed by atoms with Gasteiger partial charge in [0.2, 0.25) is 0 Å². The van der Waals surface area contributed by atoms with Gasteiger partial charge in [-0.25, -0.2) is 4.39 Å². The minimum Gasteiger partial charge on any atom is -0.396 e. The summed E-state index contributed by atoms with van der Waals surface area (Å²) in [5, 5.41) is 12.3. The van der Waals surface area contributed by atoms with E-state index in [9.17, 15) is 4.39 Å². The van der Waals surface area contributed by atoms with Crippen molar-refractivity contribution in [3.63, 3.8) is 0 Å². The van der Waals surface area contributed by atoms with E-state index in [0.717, 1.165) is 5.75 Å². The fourth-order valence-electron chi connectivity index (χ4n) is 1.84. The Morgan fingerprint density at radius 2 is 2.12 bits per heavy atom. The van der Waals surface area contributed by atoms with Crippen LogP contribution in [0.1, 0.15) is 24.9 Å². The molecule has 0 aliphatic rings. The normalized spacial score (nSPS) is 14.6. The van der Waals surface area contributed by atoms with Crippen molar-refractivity contribution in [3.05, 3.63) is 35.6 Å². The van der Waals surface area contributed by atoms with E-state index in [1.807, 2.05) is 19.2 Å². The minimum absolute atomic E-state index is 0.0418. The van der Waals surface area contributed by atoms with E-state index in [-0.39, 0.29) is 24.5 Å². The Bertz CT molecular complexity index is 329. The van der Waals surface area contributed by atoms with Crippen molar-refractivity contribution in [2.75, 3.05) is 18.6 Å². The first-order valence-corrected chi connectivity index (χ1v) is 7.18. The maximum absolute atomic E-state index is 13.6. The molecule has 0 aromatic heterocycles. The lowest BCUT2D eigenvalue weighted by Gasteiger charge is -2.22. The van der Waals surface area contributed by atoms with Gasteiger partial charge in [0, 0.05) is 30.0 Å². The van der Waals surface area contributed by atoms with E-state index >= 15 is 0 Å². The minimum atomic E-state index is -0.181. The molecular weight excluding hydrogens is 237 g/mol. The summed E-state index contributed by atoms with van der Waals surface area (Å²) >= 11 is 1.72. The molecular formula is C13H20FNOS. The number of aliphatic hydroxyl groups is 1. The molecule has 0 bridgehead atoms. The van der Waals surface area contributed by atoms with Crippen LogP contribution in [0.5, 0.6) is 0 Å². The predicted molar refractivity (Wildman–Crippen MR) is 71.8 cm³/mol. The predicted octanol–water partition coefficient (Wildman–Crippen LogP) is 2.59. The average Bonchev–Trinajstić information content (AvgIpc) is 2.30. The van der Waals surface area contributed by atoms with Gasteiger partial charge in [-0.3, -0.25) is 0 Å². The number of halogens is 1. The summed E-state index contributed by atoms with van der Waals surface area (Å²) in [4.78, 5) is 0. The van der Waals surface area contributed by atoms with Crippen LogP contribution in [0.25, 0.3) is 0 Å². The van der Waals surface area contributed by atoms with E-state index in [2.05, 4.69) is 5.32 Å². The van der Waals surface area contributed by atoms with E-state index in [1.165, 1.54) is 6.07 Å². The molecule has 4 heteroatoms. The molecule has 0 radical (unpaired) electrons. The quantitative estimate of drug-likeness (QED) is 0.787. The summed E-state index contributed by atoms with van der Waals surface area (Å²) < 4.78 is 13.6. The lowest BCUT2D eigenvalue weighted by Crippen LogP contribution is -2.34. The monoisotopic (exact) mass is 257 g/mol. The van der Waals surface area contributed by atoms with Gasteiger partial charge in [0.15, 0.2) is 0 Å². The molecule has 0 saturated heterocycles. The Labute approximate surface area is 107 Å². The zero-order valence-corrected chi connectivity index (χ0v) is 11.1. The number of hydrogen-bond acceptors (Lipinski definition) is 3. The first kappa shape index (κ1) is 14.5. The number of nitrogens with one attached hydrogen (secondary N) is 1. The van der Waals surface area contributed by atoms with Crippen molar-refractivity contribution < 1.29 is 9.50 Å². The van der Waals surface area contributed by atoms with Crippen LogP contribution >= 0.6 is 11.8 Å². The Balaban J connectivity index is 2.63. The molecule has 1 rings (SSSR count). The van der Waals surface area contributed by atoms with Crippen LogP contribution in [0.4, 0.5) is 4.39 Å². The molecule has 0 amide bonds. The van der Waals surface area contributed by atoms with Gasteiger partial charge >= 0.3 is 0 Å². The third-order valence-electron chi connectivity index (χ3n) is 2.70. The van der Waals surface area contributed by atoms with Crippen LogP contribution in [-0.4, -0.2) is 29.8 Å². The number of aliphatic hydroxyl groups excluding tert-OH is 1. The maximum atomic E-state index is 13.6. The highest BCUT2D eigenvalue weighted by atomic mass is 32.2. The van der Waals surface area contributed by atoms with Crippen molar-refractivity contribution in [3.8, 4) is 0 Å². The number of benzene rings is 1. The first-order chi connectivity index (χ1) is 8.19. The Morgan fingerprint density at radius 3 is 2.71 bits per heavy atom. The molecule has 0 aliphatic carbocycles. The van der Waals surface area contributed by atoms with Gasteiger partial charge in [-0.1, -0.05) is 18.2 Å². The highest BCUT2D eigenvalue weighted by molar-refractivity contribution is 7.98. The summed E-state index contributed by atoms with van der Waals surface area (Å²) in [6.07, 6.45) is 2.72. The molecule has 96 valence electrons. The highest BCUT2D eigenvalue weighted by Gasteiger charge is 2.14. The van der Waals surface area contributed by atoms with Crippen LogP contribution in [0, 0.1) is 5.82 Å². The smallest absolute Gasteiger partial charge is 0.127 e. The molecule has 0 fully saturated rings. The fraction of sp³-hybridized carbons (Fsp3) is 0.538. The highest BCUT2D eigenvalue weighted by Crippen LogP contribution is 2.17. The van der Waals surface area contributed by atoms with E-state index < -0.39 is 0 Å². The standard InChI is InChI=1S/C13H20FNOS/c1-10(12-5-3-4-6-13(12)14)15-11(7-8-16)9-17-2/h3-6,10-11,15-16H,7-9H2,1-2H3. The molecule has 2 nitrogen and oxygen atoms in total. The van der Waals surface area contributed by atoms with Crippen molar-refractivity contribution in [2.45, 2.75) is 25.4 Å². The summed E-state index contributed by atoms with van der Waals surface area (Å²) in [5.74, 6) is 0.735. The largest absolute Gasteiger partial charge is 0.396 e. The van der Waals surface area contributed by atoms with Crippen LogP contribution in [-0.2, 0) is 0 Å². The van der Waals surface area contributed by atoms with Crippen molar-refractivity contribution in [1.82, 2.24) is 5.32 Å². The molecule has 2 atom stereocenters. The summed E-state index contributed by atoms with van der Waals surface area (Å²) in [6.45, 7) is 2.10. The summed E-state index contributed by atoms with van der Waals surface area (Å²) in [5.41, 5.74) is 0.677. The van der Waals surface area contributed by atoms with Gasteiger partial charge in [-0.05, 0) is 25.7 Å². The van der Waals surface area contributed by atoms with Crippen LogP contribution in [0.15, 0.2) is 24.3 Å². The molecule has 1 aromatic carbocycles. The summed E-state index contributed by atoms with van der Waals surface area (Å²) in [6, 6.07) is 6.97. The second-order valence-corrected chi connectivity index (χ2v) is 4.99. The zero-order valence-electron chi connectivity index (χ0n) is 10.3. The Morgan fingerprint density at radius 1 is 1.41 bits per heavy atom. The fourth-order valence-corrected chi connectivity index (χ4v) is 2.51. The van der Waals surface area contributed by atoms with Crippen molar-refractivity contribution >= 4 is 11.8 Å². The van der Waals surface area contributed by atoms with E-state index in [4.69, 9.17) is 5.11 Å².